The number of nitriles is 1. The normalized spacial score (nSPS) is 21.9. The predicted molar refractivity (Wildman–Crippen MR) is 105 cm³/mol. The SMILES string of the molecule is CCN(CC)C(=O)CN1CCN(C(C)C(=O)NC2(C#N)CCCCC2)CC1. The molecule has 1 aliphatic carbocycles. The molecule has 2 aliphatic rings. The Bertz CT molecular complexity index is 541. The minimum absolute atomic E-state index is 0.0499. The van der Waals surface area contributed by atoms with Crippen LogP contribution in [0.15, 0.2) is 0 Å². The van der Waals surface area contributed by atoms with Gasteiger partial charge in [0.2, 0.25) is 11.8 Å². The summed E-state index contributed by atoms with van der Waals surface area (Å²) in [5.41, 5.74) is -0.679. The van der Waals surface area contributed by atoms with E-state index in [1.807, 2.05) is 25.7 Å². The number of nitrogens with zero attached hydrogens (tertiary/aromatic N) is 4. The molecule has 7 nitrogen and oxygen atoms in total. The summed E-state index contributed by atoms with van der Waals surface area (Å²) >= 11 is 0. The van der Waals surface area contributed by atoms with Gasteiger partial charge in [0.25, 0.3) is 0 Å². The van der Waals surface area contributed by atoms with Crippen molar-refractivity contribution in [1.82, 2.24) is 20.0 Å². The van der Waals surface area contributed by atoms with Gasteiger partial charge in [-0.1, -0.05) is 19.3 Å². The lowest BCUT2D eigenvalue weighted by molar-refractivity contribution is -0.133. The Morgan fingerprint density at radius 3 is 2.22 bits per heavy atom. The van der Waals surface area contributed by atoms with E-state index in [1.165, 1.54) is 0 Å². The van der Waals surface area contributed by atoms with Crippen LogP contribution in [0.25, 0.3) is 0 Å². The van der Waals surface area contributed by atoms with Crippen molar-refractivity contribution in [1.29, 1.82) is 5.26 Å². The third kappa shape index (κ3) is 5.66. The molecule has 1 saturated carbocycles. The van der Waals surface area contributed by atoms with Crippen LogP contribution in [0.2, 0.25) is 0 Å². The van der Waals surface area contributed by atoms with E-state index >= 15 is 0 Å². The molecule has 0 bridgehead atoms. The molecule has 1 saturated heterocycles. The molecule has 1 heterocycles. The molecule has 1 unspecified atom stereocenters. The molecule has 0 aromatic carbocycles. The van der Waals surface area contributed by atoms with Crippen molar-refractivity contribution >= 4 is 11.8 Å². The highest BCUT2D eigenvalue weighted by molar-refractivity contribution is 5.82. The fraction of sp³-hybridized carbons (Fsp3) is 0.850. The Morgan fingerprint density at radius 2 is 1.70 bits per heavy atom. The van der Waals surface area contributed by atoms with Crippen molar-refractivity contribution in [3.05, 3.63) is 0 Å². The quantitative estimate of drug-likeness (QED) is 0.721. The van der Waals surface area contributed by atoms with Crippen LogP contribution in [-0.2, 0) is 9.59 Å². The smallest absolute Gasteiger partial charge is 0.238 e. The van der Waals surface area contributed by atoms with Crippen molar-refractivity contribution in [2.24, 2.45) is 0 Å². The molecule has 2 fully saturated rings. The van der Waals surface area contributed by atoms with E-state index < -0.39 is 5.54 Å². The first kappa shape index (κ1) is 21.6. The first-order chi connectivity index (χ1) is 12.9. The molecular formula is C20H35N5O2. The molecule has 152 valence electrons. The van der Waals surface area contributed by atoms with Crippen molar-refractivity contribution in [3.63, 3.8) is 0 Å². The van der Waals surface area contributed by atoms with E-state index in [0.29, 0.717) is 6.54 Å². The number of piperazine rings is 1. The maximum atomic E-state index is 12.7. The minimum atomic E-state index is -0.679. The summed E-state index contributed by atoms with van der Waals surface area (Å²) in [7, 11) is 0. The van der Waals surface area contributed by atoms with Crippen molar-refractivity contribution in [3.8, 4) is 6.07 Å². The van der Waals surface area contributed by atoms with Crippen LogP contribution in [-0.4, -0.2) is 83.9 Å². The van der Waals surface area contributed by atoms with Gasteiger partial charge in [0.1, 0.15) is 5.54 Å². The van der Waals surface area contributed by atoms with Crippen LogP contribution in [0.5, 0.6) is 0 Å². The van der Waals surface area contributed by atoms with E-state index in [4.69, 9.17) is 0 Å². The summed E-state index contributed by atoms with van der Waals surface area (Å²) in [6.07, 6.45) is 4.65. The van der Waals surface area contributed by atoms with E-state index in [0.717, 1.165) is 71.4 Å². The van der Waals surface area contributed by atoms with Gasteiger partial charge in [-0.2, -0.15) is 5.26 Å². The van der Waals surface area contributed by atoms with Crippen LogP contribution in [0.3, 0.4) is 0 Å². The minimum Gasteiger partial charge on any atom is -0.342 e. The van der Waals surface area contributed by atoms with Gasteiger partial charge in [-0.05, 0) is 33.6 Å². The summed E-state index contributed by atoms with van der Waals surface area (Å²) in [4.78, 5) is 31.2. The van der Waals surface area contributed by atoms with Crippen LogP contribution in [0.4, 0.5) is 0 Å². The molecular weight excluding hydrogens is 342 g/mol. The molecule has 0 aromatic heterocycles. The lowest BCUT2D eigenvalue weighted by Gasteiger charge is -2.39. The average molecular weight is 378 g/mol. The van der Waals surface area contributed by atoms with E-state index in [-0.39, 0.29) is 17.9 Å². The van der Waals surface area contributed by atoms with Gasteiger partial charge in [0, 0.05) is 39.3 Å². The maximum Gasteiger partial charge on any atom is 0.238 e. The zero-order chi connectivity index (χ0) is 19.9. The molecule has 2 rings (SSSR count). The van der Waals surface area contributed by atoms with Crippen LogP contribution >= 0.6 is 0 Å². The summed E-state index contributed by atoms with van der Waals surface area (Å²) in [5, 5.41) is 12.6. The number of amides is 2. The Labute approximate surface area is 163 Å². The van der Waals surface area contributed by atoms with Gasteiger partial charge in [0.05, 0.1) is 18.7 Å². The third-order valence-electron chi connectivity index (χ3n) is 6.09. The average Bonchev–Trinajstić information content (AvgIpc) is 2.69. The van der Waals surface area contributed by atoms with Crippen molar-refractivity contribution in [2.45, 2.75) is 64.5 Å². The van der Waals surface area contributed by atoms with Crippen LogP contribution in [0.1, 0.15) is 52.9 Å². The molecule has 1 aliphatic heterocycles. The topological polar surface area (TPSA) is 79.7 Å². The molecule has 27 heavy (non-hydrogen) atoms. The number of likely N-dealkylation sites (N-methyl/N-ethyl adjacent to an activating group) is 1. The van der Waals surface area contributed by atoms with E-state index in [1.54, 1.807) is 0 Å². The van der Waals surface area contributed by atoms with E-state index in [2.05, 4.69) is 21.2 Å². The number of carbonyl (C=O) groups excluding carboxylic acids is 2. The lowest BCUT2D eigenvalue weighted by Crippen LogP contribution is -2.58. The Hall–Kier alpha value is -1.65. The van der Waals surface area contributed by atoms with Gasteiger partial charge in [-0.3, -0.25) is 19.4 Å². The van der Waals surface area contributed by atoms with Crippen molar-refractivity contribution in [2.75, 3.05) is 45.8 Å². The Kier molecular flexibility index (Phi) is 8.06. The number of nitrogens with one attached hydrogen (secondary N) is 1. The summed E-state index contributed by atoms with van der Waals surface area (Å²) < 4.78 is 0. The van der Waals surface area contributed by atoms with Gasteiger partial charge in [-0.25, -0.2) is 0 Å². The maximum absolute atomic E-state index is 12.7. The monoisotopic (exact) mass is 377 g/mol. The van der Waals surface area contributed by atoms with E-state index in [9.17, 15) is 14.9 Å². The highest BCUT2D eigenvalue weighted by Gasteiger charge is 2.36. The predicted octanol–water partition coefficient (Wildman–Crippen LogP) is 1.20. The molecule has 7 heteroatoms. The van der Waals surface area contributed by atoms with Crippen LogP contribution in [0, 0.1) is 11.3 Å². The fourth-order valence-corrected chi connectivity index (χ4v) is 4.10. The molecule has 0 aromatic rings. The summed E-state index contributed by atoms with van der Waals surface area (Å²) in [5.74, 6) is 0.124. The van der Waals surface area contributed by atoms with Gasteiger partial charge >= 0.3 is 0 Å². The second kappa shape index (κ2) is 10.0. The summed E-state index contributed by atoms with van der Waals surface area (Å²) in [6, 6.07) is 2.10. The highest BCUT2D eigenvalue weighted by Crippen LogP contribution is 2.27. The Morgan fingerprint density at radius 1 is 1.11 bits per heavy atom. The molecule has 0 radical (unpaired) electrons. The first-order valence-corrected chi connectivity index (χ1v) is 10.4. The van der Waals surface area contributed by atoms with Gasteiger partial charge in [-0.15, -0.1) is 0 Å². The highest BCUT2D eigenvalue weighted by atomic mass is 16.2. The standard InChI is InChI=1S/C20H35N5O2/c1-4-24(5-2)18(26)15-23-11-13-25(14-12-23)17(3)19(27)22-20(16-21)9-7-6-8-10-20/h17H,4-15H2,1-3H3,(H,22,27). The first-order valence-electron chi connectivity index (χ1n) is 10.4. The fourth-order valence-electron chi connectivity index (χ4n) is 4.10. The summed E-state index contributed by atoms with van der Waals surface area (Å²) in [6.45, 7) is 11.0. The largest absolute Gasteiger partial charge is 0.342 e. The molecule has 1 N–H and O–H groups in total. The lowest BCUT2D eigenvalue weighted by atomic mass is 9.82. The van der Waals surface area contributed by atoms with Crippen LogP contribution < -0.4 is 5.32 Å². The van der Waals surface area contributed by atoms with Gasteiger partial charge < -0.3 is 10.2 Å². The second-order valence-corrected chi connectivity index (χ2v) is 7.80. The molecule has 2 amide bonds. The van der Waals surface area contributed by atoms with Gasteiger partial charge in [0.15, 0.2) is 0 Å². The molecule has 0 spiro atoms. The number of rotatable bonds is 7. The van der Waals surface area contributed by atoms with Crippen molar-refractivity contribution < 1.29 is 9.59 Å². The number of carbonyl (C=O) groups is 2. The second-order valence-electron chi connectivity index (χ2n) is 7.80. The zero-order valence-electron chi connectivity index (χ0n) is 17.2. The number of hydrogen-bond donors (Lipinski definition) is 1. The number of hydrogen-bond acceptors (Lipinski definition) is 5. The molecule has 1 atom stereocenters. The Balaban J connectivity index is 1.82. The third-order valence-corrected chi connectivity index (χ3v) is 6.09. The zero-order valence-corrected chi connectivity index (χ0v) is 17.2.